The quantitative estimate of drug-likeness (QED) is 0.306. The lowest BCUT2D eigenvalue weighted by Gasteiger charge is -2.13. The molecule has 148 valence electrons. The summed E-state index contributed by atoms with van der Waals surface area (Å²) in [5, 5.41) is 0. The van der Waals surface area contributed by atoms with Crippen LogP contribution in [0.15, 0.2) is 66.7 Å². The lowest BCUT2D eigenvalue weighted by Crippen LogP contribution is -2.18. The first-order valence-electron chi connectivity index (χ1n) is 9.37. The molecule has 0 N–H and O–H groups in total. The molecule has 3 rings (SSSR count). The molecule has 0 saturated carbocycles. The molecule has 0 atom stereocenters. The Morgan fingerprint density at radius 1 is 0.828 bits per heavy atom. The van der Waals surface area contributed by atoms with Crippen LogP contribution in [0, 0.1) is 13.8 Å². The van der Waals surface area contributed by atoms with Gasteiger partial charge in [0.15, 0.2) is 18.1 Å². The van der Waals surface area contributed by atoms with Crippen molar-refractivity contribution < 1.29 is 19.0 Å². The summed E-state index contributed by atoms with van der Waals surface area (Å²) >= 11 is 0. The minimum atomic E-state index is -0.487. The number of para-hydroxylation sites is 1. The van der Waals surface area contributed by atoms with E-state index < -0.39 is 5.97 Å². The summed E-state index contributed by atoms with van der Waals surface area (Å²) < 4.78 is 16.5. The second kappa shape index (κ2) is 9.60. The number of aryl methyl sites for hydroxylation is 2. The van der Waals surface area contributed by atoms with E-state index in [1.165, 1.54) is 0 Å². The molecule has 0 radical (unpaired) electrons. The van der Waals surface area contributed by atoms with Crippen molar-refractivity contribution in [3.63, 3.8) is 0 Å². The molecule has 4 heteroatoms. The molecule has 3 aromatic rings. The summed E-state index contributed by atoms with van der Waals surface area (Å²) in [6.07, 6.45) is 3.99. The van der Waals surface area contributed by atoms with Gasteiger partial charge in [-0.15, -0.1) is 0 Å². The zero-order valence-electron chi connectivity index (χ0n) is 16.8. The molecule has 0 fully saturated rings. The average molecular weight is 388 g/mol. The topological polar surface area (TPSA) is 44.8 Å². The normalized spacial score (nSPS) is 10.7. The minimum Gasteiger partial charge on any atom is -0.493 e. The van der Waals surface area contributed by atoms with Gasteiger partial charge in [-0.3, -0.25) is 0 Å². The maximum absolute atomic E-state index is 12.3. The number of carbonyl (C=O) groups excluding carboxylic acids is 1. The number of esters is 1. The molecule has 4 nitrogen and oxygen atoms in total. The Kier molecular flexibility index (Phi) is 6.69. The van der Waals surface area contributed by atoms with E-state index >= 15 is 0 Å². The van der Waals surface area contributed by atoms with Crippen LogP contribution in [0.5, 0.6) is 17.2 Å². The summed E-state index contributed by atoms with van der Waals surface area (Å²) in [4.78, 5) is 12.3. The number of benzene rings is 3. The minimum absolute atomic E-state index is 0.176. The Labute approximate surface area is 171 Å². The highest BCUT2D eigenvalue weighted by Crippen LogP contribution is 2.29. The van der Waals surface area contributed by atoms with E-state index in [0.29, 0.717) is 17.2 Å². The van der Waals surface area contributed by atoms with Gasteiger partial charge in [0.1, 0.15) is 5.75 Å². The predicted octanol–water partition coefficient (Wildman–Crippen LogP) is 5.47. The number of rotatable bonds is 7. The van der Waals surface area contributed by atoms with Crippen LogP contribution < -0.4 is 14.2 Å². The van der Waals surface area contributed by atoms with Gasteiger partial charge in [0, 0.05) is 0 Å². The van der Waals surface area contributed by atoms with E-state index in [9.17, 15) is 4.79 Å². The first-order valence-corrected chi connectivity index (χ1v) is 9.37. The number of methoxy groups -OCH3 is 1. The van der Waals surface area contributed by atoms with Gasteiger partial charge < -0.3 is 14.2 Å². The zero-order valence-corrected chi connectivity index (χ0v) is 16.8. The van der Waals surface area contributed by atoms with Crippen LogP contribution in [0.4, 0.5) is 0 Å². The van der Waals surface area contributed by atoms with Crippen molar-refractivity contribution in [2.24, 2.45) is 0 Å². The number of ether oxygens (including phenoxy) is 3. The van der Waals surface area contributed by atoms with Crippen molar-refractivity contribution in [3.8, 4) is 17.2 Å². The first kappa shape index (κ1) is 20.2. The maximum atomic E-state index is 12.3. The smallest absolute Gasteiger partial charge is 0.349 e. The standard InChI is InChI=1S/C25H24O4/c1-18-8-7-9-19(2)25(18)28-17-24(26)29-22-15-14-21(16-23(22)27-3)13-12-20-10-5-4-6-11-20/h4-16H,17H2,1-3H3. The second-order valence-corrected chi connectivity index (χ2v) is 6.64. The van der Waals surface area contributed by atoms with E-state index in [0.717, 1.165) is 22.3 Å². The van der Waals surface area contributed by atoms with Crippen molar-refractivity contribution in [3.05, 3.63) is 89.0 Å². The van der Waals surface area contributed by atoms with Crippen LogP contribution >= 0.6 is 0 Å². The van der Waals surface area contributed by atoms with Crippen molar-refractivity contribution in [2.75, 3.05) is 13.7 Å². The van der Waals surface area contributed by atoms with Crippen LogP contribution in [-0.2, 0) is 4.79 Å². The van der Waals surface area contributed by atoms with Gasteiger partial charge in [-0.1, -0.05) is 66.7 Å². The summed E-state index contributed by atoms with van der Waals surface area (Å²) in [6.45, 7) is 3.71. The molecule has 0 aliphatic rings. The van der Waals surface area contributed by atoms with Gasteiger partial charge in [0.05, 0.1) is 7.11 Å². The van der Waals surface area contributed by atoms with E-state index in [-0.39, 0.29) is 6.61 Å². The van der Waals surface area contributed by atoms with Crippen molar-refractivity contribution in [1.29, 1.82) is 0 Å². The Bertz CT molecular complexity index is 986. The highest BCUT2D eigenvalue weighted by molar-refractivity contribution is 5.76. The average Bonchev–Trinajstić information content (AvgIpc) is 2.73. The number of hydrogen-bond acceptors (Lipinski definition) is 4. The Hall–Kier alpha value is -3.53. The fourth-order valence-corrected chi connectivity index (χ4v) is 2.94. The van der Waals surface area contributed by atoms with Crippen molar-refractivity contribution in [2.45, 2.75) is 13.8 Å². The summed E-state index contributed by atoms with van der Waals surface area (Å²) in [6, 6.07) is 21.3. The lowest BCUT2D eigenvalue weighted by molar-refractivity contribution is -0.136. The maximum Gasteiger partial charge on any atom is 0.349 e. The van der Waals surface area contributed by atoms with E-state index in [1.54, 1.807) is 13.2 Å². The molecule has 0 unspecified atom stereocenters. The van der Waals surface area contributed by atoms with Crippen LogP contribution in [0.25, 0.3) is 12.2 Å². The monoisotopic (exact) mass is 388 g/mol. The fourth-order valence-electron chi connectivity index (χ4n) is 2.94. The van der Waals surface area contributed by atoms with Gasteiger partial charge in [0.25, 0.3) is 0 Å². The van der Waals surface area contributed by atoms with Gasteiger partial charge in [0.2, 0.25) is 0 Å². The van der Waals surface area contributed by atoms with Crippen molar-refractivity contribution in [1.82, 2.24) is 0 Å². The highest BCUT2D eigenvalue weighted by Gasteiger charge is 2.13. The largest absolute Gasteiger partial charge is 0.493 e. The van der Waals surface area contributed by atoms with Crippen molar-refractivity contribution >= 4 is 18.1 Å². The molecule has 0 spiro atoms. The molecule has 0 saturated heterocycles. The second-order valence-electron chi connectivity index (χ2n) is 6.64. The summed E-state index contributed by atoms with van der Waals surface area (Å²) in [5.41, 5.74) is 4.00. The van der Waals surface area contributed by atoms with Crippen LogP contribution in [-0.4, -0.2) is 19.7 Å². The third-order valence-electron chi connectivity index (χ3n) is 4.42. The molecule has 0 aliphatic carbocycles. The zero-order chi connectivity index (χ0) is 20.6. The van der Waals surface area contributed by atoms with E-state index in [1.807, 2.05) is 86.7 Å². The molecule has 0 bridgehead atoms. The molecule has 0 amide bonds. The Morgan fingerprint density at radius 3 is 2.21 bits per heavy atom. The molecule has 29 heavy (non-hydrogen) atoms. The lowest BCUT2D eigenvalue weighted by atomic mass is 10.1. The van der Waals surface area contributed by atoms with Crippen LogP contribution in [0.3, 0.4) is 0 Å². The summed E-state index contributed by atoms with van der Waals surface area (Å²) in [7, 11) is 1.55. The third kappa shape index (κ3) is 5.48. The first-order chi connectivity index (χ1) is 14.1. The van der Waals surface area contributed by atoms with Gasteiger partial charge >= 0.3 is 5.97 Å². The van der Waals surface area contributed by atoms with Gasteiger partial charge in [-0.25, -0.2) is 4.79 Å². The molecule has 0 heterocycles. The van der Waals surface area contributed by atoms with E-state index in [2.05, 4.69) is 0 Å². The number of carbonyl (C=O) groups is 1. The van der Waals surface area contributed by atoms with E-state index in [4.69, 9.17) is 14.2 Å². The van der Waals surface area contributed by atoms with Gasteiger partial charge in [-0.05, 0) is 48.2 Å². The van der Waals surface area contributed by atoms with Crippen LogP contribution in [0.1, 0.15) is 22.3 Å². The molecule has 0 aliphatic heterocycles. The Balaban J connectivity index is 1.65. The molecular weight excluding hydrogens is 364 g/mol. The molecule has 0 aromatic heterocycles. The number of hydrogen-bond donors (Lipinski definition) is 0. The summed E-state index contributed by atoms with van der Waals surface area (Å²) in [5.74, 6) is 1.07. The third-order valence-corrected chi connectivity index (χ3v) is 4.42. The highest BCUT2D eigenvalue weighted by atomic mass is 16.6. The SMILES string of the molecule is COc1cc(C=Cc2ccccc2)ccc1OC(=O)COc1c(C)cccc1C. The predicted molar refractivity (Wildman–Crippen MR) is 115 cm³/mol. The fraction of sp³-hybridized carbons (Fsp3) is 0.160. The van der Waals surface area contributed by atoms with Crippen LogP contribution in [0.2, 0.25) is 0 Å². The Morgan fingerprint density at radius 2 is 1.52 bits per heavy atom. The molecule has 3 aromatic carbocycles. The molecular formula is C25H24O4. The van der Waals surface area contributed by atoms with Gasteiger partial charge in [-0.2, -0.15) is 0 Å².